The van der Waals surface area contributed by atoms with E-state index in [4.69, 9.17) is 4.74 Å². The molecular formula is C21H27N3O2. The minimum atomic E-state index is -0.208. The van der Waals surface area contributed by atoms with Crippen LogP contribution in [-0.2, 0) is 9.53 Å². The lowest BCUT2D eigenvalue weighted by Gasteiger charge is -2.45. The molecule has 0 bridgehead atoms. The van der Waals surface area contributed by atoms with Gasteiger partial charge in [0.15, 0.2) is 0 Å². The van der Waals surface area contributed by atoms with Crippen LogP contribution in [0, 0.1) is 11.3 Å². The summed E-state index contributed by atoms with van der Waals surface area (Å²) in [6.45, 7) is 8.90. The van der Waals surface area contributed by atoms with Crippen molar-refractivity contribution < 1.29 is 9.53 Å². The highest BCUT2D eigenvalue weighted by Gasteiger charge is 2.34. The van der Waals surface area contributed by atoms with Crippen LogP contribution in [0.15, 0.2) is 23.8 Å². The number of rotatable bonds is 2. The lowest BCUT2D eigenvalue weighted by Crippen LogP contribution is -2.45. The van der Waals surface area contributed by atoms with Crippen molar-refractivity contribution in [3.05, 3.63) is 34.9 Å². The topological polar surface area (TPSA) is 56.6 Å². The molecule has 1 saturated heterocycles. The Hall–Kier alpha value is -2.32. The van der Waals surface area contributed by atoms with E-state index in [1.807, 2.05) is 6.07 Å². The van der Waals surface area contributed by atoms with Crippen LogP contribution in [0.5, 0.6) is 0 Å². The molecule has 0 unspecified atom stereocenters. The SMILES string of the molecule is C[C@H]1CC(C)(C)N(C)c2ccc(/C=C(/C#N)C(=O)N3CCOCC3)cc21. The second kappa shape index (κ2) is 7.13. The van der Waals surface area contributed by atoms with Crippen LogP contribution in [0.2, 0.25) is 0 Å². The summed E-state index contributed by atoms with van der Waals surface area (Å²) in [4.78, 5) is 16.6. The first kappa shape index (κ1) is 18.5. The summed E-state index contributed by atoms with van der Waals surface area (Å²) in [5.41, 5.74) is 3.71. The molecule has 138 valence electrons. The predicted molar refractivity (Wildman–Crippen MR) is 103 cm³/mol. The molecule has 0 radical (unpaired) electrons. The van der Waals surface area contributed by atoms with E-state index in [0.717, 1.165) is 12.0 Å². The lowest BCUT2D eigenvalue weighted by atomic mass is 9.80. The smallest absolute Gasteiger partial charge is 0.264 e. The van der Waals surface area contributed by atoms with E-state index >= 15 is 0 Å². The molecule has 1 amide bonds. The van der Waals surface area contributed by atoms with Gasteiger partial charge in [0.25, 0.3) is 5.91 Å². The van der Waals surface area contributed by atoms with Crippen LogP contribution in [0.25, 0.3) is 6.08 Å². The minimum Gasteiger partial charge on any atom is -0.378 e. The first-order chi connectivity index (χ1) is 12.3. The summed E-state index contributed by atoms with van der Waals surface area (Å²) in [6.07, 6.45) is 2.78. The molecule has 1 aromatic rings. The van der Waals surface area contributed by atoms with Crippen molar-refractivity contribution in [2.24, 2.45) is 0 Å². The van der Waals surface area contributed by atoms with E-state index in [1.54, 1.807) is 11.0 Å². The molecule has 1 atom stereocenters. The molecule has 5 heteroatoms. The van der Waals surface area contributed by atoms with Crippen molar-refractivity contribution in [3.8, 4) is 6.07 Å². The number of hydrogen-bond acceptors (Lipinski definition) is 4. The standard InChI is InChI=1S/C21H27N3O2/c1-15-13-21(2,3)23(4)19-6-5-16(12-18(15)19)11-17(14-22)20(25)24-7-9-26-10-8-24/h5-6,11-12,15H,7-10,13H2,1-4H3/b17-11-/t15-/m0/s1. The number of fused-ring (bicyclic) bond motifs is 1. The summed E-state index contributed by atoms with van der Waals surface area (Å²) >= 11 is 0. The molecule has 0 spiro atoms. The fraction of sp³-hybridized carbons (Fsp3) is 0.524. The van der Waals surface area contributed by atoms with Crippen molar-refractivity contribution >= 4 is 17.7 Å². The van der Waals surface area contributed by atoms with Gasteiger partial charge in [-0.2, -0.15) is 5.26 Å². The largest absolute Gasteiger partial charge is 0.378 e. The fourth-order valence-electron chi connectivity index (χ4n) is 3.93. The van der Waals surface area contributed by atoms with Gasteiger partial charge in [-0.25, -0.2) is 0 Å². The van der Waals surface area contributed by atoms with E-state index in [9.17, 15) is 10.1 Å². The third-order valence-corrected chi connectivity index (χ3v) is 5.62. The van der Waals surface area contributed by atoms with E-state index < -0.39 is 0 Å². The number of ether oxygens (including phenoxy) is 1. The fourth-order valence-corrected chi connectivity index (χ4v) is 3.93. The Kier molecular flexibility index (Phi) is 5.06. The first-order valence-corrected chi connectivity index (χ1v) is 9.20. The number of hydrogen-bond donors (Lipinski definition) is 0. The Morgan fingerprint density at radius 1 is 1.35 bits per heavy atom. The zero-order chi connectivity index (χ0) is 18.9. The Morgan fingerprint density at radius 2 is 2.04 bits per heavy atom. The average molecular weight is 353 g/mol. The average Bonchev–Trinajstić information content (AvgIpc) is 2.64. The summed E-state index contributed by atoms with van der Waals surface area (Å²) in [5, 5.41) is 9.48. The number of anilines is 1. The van der Waals surface area contributed by atoms with Gasteiger partial charge in [-0.1, -0.05) is 13.0 Å². The highest BCUT2D eigenvalue weighted by Crippen LogP contribution is 2.42. The number of morpholine rings is 1. The quantitative estimate of drug-likeness (QED) is 0.605. The number of benzene rings is 1. The maximum atomic E-state index is 12.6. The molecule has 0 aromatic heterocycles. The number of nitrogens with zero attached hydrogens (tertiary/aromatic N) is 3. The van der Waals surface area contributed by atoms with Crippen molar-refractivity contribution in [2.75, 3.05) is 38.3 Å². The third-order valence-electron chi connectivity index (χ3n) is 5.62. The minimum absolute atomic E-state index is 0.119. The van der Waals surface area contributed by atoms with Crippen LogP contribution in [0.4, 0.5) is 5.69 Å². The van der Waals surface area contributed by atoms with E-state index in [1.165, 1.54) is 11.3 Å². The highest BCUT2D eigenvalue weighted by atomic mass is 16.5. The molecule has 0 N–H and O–H groups in total. The van der Waals surface area contributed by atoms with Gasteiger partial charge in [-0.3, -0.25) is 4.79 Å². The summed E-state index contributed by atoms with van der Waals surface area (Å²) in [6, 6.07) is 8.30. The van der Waals surface area contributed by atoms with Gasteiger partial charge in [0.05, 0.1) is 13.2 Å². The molecule has 0 aliphatic carbocycles. The zero-order valence-corrected chi connectivity index (χ0v) is 16.1. The van der Waals surface area contributed by atoms with Crippen LogP contribution in [0.1, 0.15) is 44.2 Å². The van der Waals surface area contributed by atoms with Crippen LogP contribution in [0.3, 0.4) is 0 Å². The Bertz CT molecular complexity index is 770. The predicted octanol–water partition coefficient (Wildman–Crippen LogP) is 3.17. The van der Waals surface area contributed by atoms with Crippen LogP contribution in [-0.4, -0.2) is 49.7 Å². The Balaban J connectivity index is 1.90. The molecule has 1 aromatic carbocycles. The van der Waals surface area contributed by atoms with Crippen molar-refractivity contribution in [1.82, 2.24) is 4.90 Å². The lowest BCUT2D eigenvalue weighted by molar-refractivity contribution is -0.130. The van der Waals surface area contributed by atoms with Crippen molar-refractivity contribution in [2.45, 2.75) is 38.6 Å². The van der Waals surface area contributed by atoms with Gasteiger partial charge in [0, 0.05) is 31.4 Å². The number of nitriles is 1. The van der Waals surface area contributed by atoms with E-state index in [2.05, 4.69) is 50.9 Å². The maximum Gasteiger partial charge on any atom is 0.264 e. The van der Waals surface area contributed by atoms with Gasteiger partial charge in [0.1, 0.15) is 11.6 Å². The first-order valence-electron chi connectivity index (χ1n) is 9.20. The number of carbonyl (C=O) groups excluding carboxylic acids is 1. The molecule has 5 nitrogen and oxygen atoms in total. The van der Waals surface area contributed by atoms with Crippen molar-refractivity contribution in [3.63, 3.8) is 0 Å². The normalized spacial score (nSPS) is 22.6. The van der Waals surface area contributed by atoms with Crippen molar-refractivity contribution in [1.29, 1.82) is 5.26 Å². The molecule has 26 heavy (non-hydrogen) atoms. The van der Waals surface area contributed by atoms with Crippen LogP contribution >= 0.6 is 0 Å². The number of carbonyl (C=O) groups is 1. The molecule has 2 heterocycles. The molecule has 2 aliphatic rings. The zero-order valence-electron chi connectivity index (χ0n) is 16.1. The number of amides is 1. The highest BCUT2D eigenvalue weighted by molar-refractivity contribution is 6.01. The van der Waals surface area contributed by atoms with Crippen LogP contribution < -0.4 is 4.90 Å². The van der Waals surface area contributed by atoms with Gasteiger partial charge >= 0.3 is 0 Å². The summed E-state index contributed by atoms with van der Waals surface area (Å²) in [7, 11) is 2.13. The summed E-state index contributed by atoms with van der Waals surface area (Å²) < 4.78 is 5.28. The Morgan fingerprint density at radius 3 is 2.69 bits per heavy atom. The molecular weight excluding hydrogens is 326 g/mol. The molecule has 1 fully saturated rings. The maximum absolute atomic E-state index is 12.6. The monoisotopic (exact) mass is 353 g/mol. The van der Waals surface area contributed by atoms with Gasteiger partial charge < -0.3 is 14.5 Å². The molecule has 3 rings (SSSR count). The van der Waals surface area contributed by atoms with Gasteiger partial charge in [-0.15, -0.1) is 0 Å². The second-order valence-corrected chi connectivity index (χ2v) is 7.87. The summed E-state index contributed by atoms with van der Waals surface area (Å²) in [5.74, 6) is 0.227. The van der Waals surface area contributed by atoms with Gasteiger partial charge in [0.2, 0.25) is 0 Å². The second-order valence-electron chi connectivity index (χ2n) is 7.87. The van der Waals surface area contributed by atoms with E-state index in [0.29, 0.717) is 32.2 Å². The third kappa shape index (κ3) is 3.47. The molecule has 2 aliphatic heterocycles. The van der Waals surface area contributed by atoms with Gasteiger partial charge in [-0.05, 0) is 55.5 Å². The Labute approximate surface area is 155 Å². The van der Waals surface area contributed by atoms with E-state index in [-0.39, 0.29) is 17.0 Å². The molecule has 0 saturated carbocycles.